The van der Waals surface area contributed by atoms with Crippen molar-refractivity contribution in [1.82, 2.24) is 4.98 Å². The number of anilines is 1. The smallest absolute Gasteiger partial charge is 0.383 e. The molecule has 8 heteroatoms. The Labute approximate surface area is 86.1 Å². The molecule has 0 aliphatic carbocycles. The number of rotatable bonds is 2. The molecule has 0 aromatic carbocycles. The second kappa shape index (κ2) is 4.03. The first-order valence-corrected chi connectivity index (χ1v) is 3.88. The quantitative estimate of drug-likeness (QED) is 0.638. The second-order valence-electron chi connectivity index (χ2n) is 2.81. The first-order valence-electron chi connectivity index (χ1n) is 3.88. The lowest BCUT2D eigenvalue weighted by molar-refractivity contribution is -0.138. The van der Waals surface area contributed by atoms with E-state index in [9.17, 15) is 26.7 Å². The zero-order valence-corrected chi connectivity index (χ0v) is 7.55. The number of aromatic nitrogens is 1. The van der Waals surface area contributed by atoms with Gasteiger partial charge in [-0.05, 0) is 6.07 Å². The summed E-state index contributed by atoms with van der Waals surface area (Å²) in [6, 6.07) is 0.116. The van der Waals surface area contributed by atoms with Crippen LogP contribution in [0.25, 0.3) is 0 Å². The molecule has 0 aliphatic rings. The van der Waals surface area contributed by atoms with E-state index in [2.05, 4.69) is 4.98 Å². The predicted octanol–water partition coefficient (Wildman–Crippen LogP) is 2.43. The van der Waals surface area contributed by atoms with Crippen LogP contribution in [-0.4, -0.2) is 11.3 Å². The number of aldehydes is 1. The van der Waals surface area contributed by atoms with Gasteiger partial charge in [-0.2, -0.15) is 13.2 Å². The molecular formula is C8H5F5N2O. The highest BCUT2D eigenvalue weighted by Gasteiger charge is 2.36. The Morgan fingerprint density at radius 1 is 1.38 bits per heavy atom. The van der Waals surface area contributed by atoms with Crippen molar-refractivity contribution < 1.29 is 26.7 Å². The molecule has 0 spiro atoms. The Morgan fingerprint density at radius 2 is 1.94 bits per heavy atom. The van der Waals surface area contributed by atoms with Crippen LogP contribution in [0.3, 0.4) is 0 Å². The van der Waals surface area contributed by atoms with E-state index in [1.165, 1.54) is 0 Å². The monoisotopic (exact) mass is 240 g/mol. The Bertz CT molecular complexity index is 416. The molecule has 1 rings (SSSR count). The summed E-state index contributed by atoms with van der Waals surface area (Å²) in [5.41, 5.74) is 1.43. The molecule has 0 atom stereocenters. The van der Waals surface area contributed by atoms with Crippen LogP contribution in [0, 0.1) is 0 Å². The third kappa shape index (κ3) is 2.26. The minimum absolute atomic E-state index is 0.116. The van der Waals surface area contributed by atoms with Crippen molar-refractivity contribution in [2.75, 3.05) is 5.73 Å². The Kier molecular flexibility index (Phi) is 3.11. The van der Waals surface area contributed by atoms with Crippen LogP contribution in [-0.2, 0) is 6.18 Å². The van der Waals surface area contributed by atoms with Crippen LogP contribution in [0.5, 0.6) is 0 Å². The molecule has 3 nitrogen and oxygen atoms in total. The van der Waals surface area contributed by atoms with Crippen molar-refractivity contribution >= 4 is 12.1 Å². The highest BCUT2D eigenvalue weighted by Crippen LogP contribution is 2.35. The van der Waals surface area contributed by atoms with Gasteiger partial charge in [-0.1, -0.05) is 0 Å². The molecule has 0 saturated heterocycles. The molecule has 0 fully saturated rings. The summed E-state index contributed by atoms with van der Waals surface area (Å²) in [5.74, 6) is -0.861. The van der Waals surface area contributed by atoms with E-state index in [0.717, 1.165) is 0 Å². The van der Waals surface area contributed by atoms with E-state index in [1.54, 1.807) is 0 Å². The molecule has 0 saturated carbocycles. The van der Waals surface area contributed by atoms with Gasteiger partial charge in [0, 0.05) is 0 Å². The fourth-order valence-corrected chi connectivity index (χ4v) is 1.07. The van der Waals surface area contributed by atoms with Gasteiger partial charge in [0.1, 0.15) is 11.5 Å². The van der Waals surface area contributed by atoms with Gasteiger partial charge in [-0.3, -0.25) is 4.79 Å². The predicted molar refractivity (Wildman–Crippen MR) is 44.0 cm³/mol. The van der Waals surface area contributed by atoms with Crippen LogP contribution >= 0.6 is 0 Å². The van der Waals surface area contributed by atoms with Crippen molar-refractivity contribution in [3.63, 3.8) is 0 Å². The number of alkyl halides is 5. The Morgan fingerprint density at radius 3 is 2.31 bits per heavy atom. The van der Waals surface area contributed by atoms with Gasteiger partial charge in [-0.15, -0.1) is 0 Å². The Balaban J connectivity index is 3.49. The van der Waals surface area contributed by atoms with Gasteiger partial charge >= 0.3 is 6.18 Å². The average molecular weight is 240 g/mol. The summed E-state index contributed by atoms with van der Waals surface area (Å²) in [4.78, 5) is 13.4. The number of hydrogen-bond donors (Lipinski definition) is 1. The standard InChI is InChI=1S/C8H5F5N2O/c9-6(10)5-1-4(8(11,12)13)3(2-16)7(14)15-5/h1-2,6H,(H2,14,15). The number of nitrogens with two attached hydrogens (primary N) is 1. The summed E-state index contributed by atoms with van der Waals surface area (Å²) in [7, 11) is 0. The maximum Gasteiger partial charge on any atom is 0.417 e. The van der Waals surface area contributed by atoms with Gasteiger partial charge in [0.05, 0.1) is 11.1 Å². The number of carbonyl (C=O) groups is 1. The maximum absolute atomic E-state index is 12.4. The topological polar surface area (TPSA) is 56.0 Å². The molecule has 88 valence electrons. The molecular weight excluding hydrogens is 235 g/mol. The maximum atomic E-state index is 12.4. The first kappa shape index (κ1) is 12.3. The molecule has 0 unspecified atom stereocenters. The van der Waals surface area contributed by atoms with Crippen LogP contribution in [0.15, 0.2) is 6.07 Å². The van der Waals surface area contributed by atoms with Crippen molar-refractivity contribution in [3.05, 3.63) is 22.9 Å². The minimum atomic E-state index is -4.93. The number of nitrogens with zero attached hydrogens (tertiary/aromatic N) is 1. The van der Waals surface area contributed by atoms with E-state index in [0.29, 0.717) is 0 Å². The van der Waals surface area contributed by atoms with Gasteiger partial charge in [-0.25, -0.2) is 13.8 Å². The third-order valence-electron chi connectivity index (χ3n) is 1.75. The van der Waals surface area contributed by atoms with Crippen LogP contribution in [0.1, 0.15) is 28.0 Å². The summed E-state index contributed by atoms with van der Waals surface area (Å²) >= 11 is 0. The molecule has 1 aromatic heterocycles. The van der Waals surface area contributed by atoms with Crippen LogP contribution < -0.4 is 5.73 Å². The van der Waals surface area contributed by atoms with E-state index in [-0.39, 0.29) is 12.4 Å². The van der Waals surface area contributed by atoms with Crippen LogP contribution in [0.4, 0.5) is 27.8 Å². The highest BCUT2D eigenvalue weighted by molar-refractivity contribution is 5.84. The minimum Gasteiger partial charge on any atom is -0.383 e. The molecule has 2 N–H and O–H groups in total. The fraction of sp³-hybridized carbons (Fsp3) is 0.250. The molecule has 1 heterocycles. The van der Waals surface area contributed by atoms with Crippen LogP contribution in [0.2, 0.25) is 0 Å². The van der Waals surface area contributed by atoms with E-state index >= 15 is 0 Å². The lowest BCUT2D eigenvalue weighted by Gasteiger charge is -2.12. The second-order valence-corrected chi connectivity index (χ2v) is 2.81. The van der Waals surface area contributed by atoms with Crippen molar-refractivity contribution in [1.29, 1.82) is 0 Å². The number of carbonyl (C=O) groups excluding carboxylic acids is 1. The normalized spacial score (nSPS) is 11.9. The molecule has 0 bridgehead atoms. The van der Waals surface area contributed by atoms with E-state index in [1.807, 2.05) is 0 Å². The lowest BCUT2D eigenvalue weighted by Crippen LogP contribution is -2.14. The zero-order valence-electron chi connectivity index (χ0n) is 7.55. The third-order valence-corrected chi connectivity index (χ3v) is 1.75. The molecule has 1 aromatic rings. The summed E-state index contributed by atoms with van der Waals surface area (Å²) in [6.45, 7) is 0. The van der Waals surface area contributed by atoms with E-state index < -0.39 is 35.2 Å². The Hall–Kier alpha value is -1.73. The fourth-order valence-electron chi connectivity index (χ4n) is 1.07. The van der Waals surface area contributed by atoms with Gasteiger partial charge in [0.15, 0.2) is 6.29 Å². The largest absolute Gasteiger partial charge is 0.417 e. The number of nitrogen functional groups attached to an aromatic ring is 1. The molecule has 0 aliphatic heterocycles. The van der Waals surface area contributed by atoms with Crippen molar-refractivity contribution in [2.45, 2.75) is 12.6 Å². The molecule has 0 radical (unpaired) electrons. The molecule has 0 amide bonds. The van der Waals surface area contributed by atoms with Gasteiger partial charge in [0.2, 0.25) is 0 Å². The van der Waals surface area contributed by atoms with E-state index in [4.69, 9.17) is 5.73 Å². The average Bonchev–Trinajstić information content (AvgIpc) is 2.14. The van der Waals surface area contributed by atoms with Gasteiger partial charge in [0.25, 0.3) is 6.43 Å². The number of halogens is 5. The number of hydrogen-bond acceptors (Lipinski definition) is 3. The van der Waals surface area contributed by atoms with Crippen molar-refractivity contribution in [2.24, 2.45) is 0 Å². The first-order chi connectivity index (χ1) is 7.27. The summed E-state index contributed by atoms with van der Waals surface area (Å²) < 4.78 is 61.5. The highest BCUT2D eigenvalue weighted by atomic mass is 19.4. The summed E-state index contributed by atoms with van der Waals surface area (Å²) in [6.07, 6.45) is -8.29. The lowest BCUT2D eigenvalue weighted by atomic mass is 10.1. The van der Waals surface area contributed by atoms with Gasteiger partial charge < -0.3 is 5.73 Å². The molecule has 16 heavy (non-hydrogen) atoms. The number of pyridine rings is 1. The SMILES string of the molecule is Nc1nc(C(F)F)cc(C(F)(F)F)c1C=O. The summed E-state index contributed by atoms with van der Waals surface area (Å²) in [5, 5.41) is 0. The van der Waals surface area contributed by atoms with Crippen molar-refractivity contribution in [3.8, 4) is 0 Å². The zero-order chi connectivity index (χ0) is 12.5.